The van der Waals surface area contributed by atoms with E-state index >= 15 is 0 Å². The Balaban J connectivity index is 1.48. The van der Waals surface area contributed by atoms with Gasteiger partial charge in [0, 0.05) is 30.4 Å². The largest absolute Gasteiger partial charge is 0.497 e. The molecule has 5 atom stereocenters. The van der Waals surface area contributed by atoms with Gasteiger partial charge in [-0.2, -0.15) is 5.26 Å². The number of methoxy groups -OCH3 is 1. The van der Waals surface area contributed by atoms with Gasteiger partial charge < -0.3 is 23.3 Å². The molecule has 2 saturated heterocycles. The molecule has 2 aliphatic heterocycles. The number of aryl methyl sites for hydroxylation is 1. The SMILES string of the molecule is COc1ccc(C(NC[C@@]23CO[C@@H]([C@H](n4cc(C)c(=O)[nH]c4=O)O2)[C@@H]3OP(OCCC#N)N(C(C)C)C(C)C)(c2ccccc2)c2ccccc2)cc1. The molecule has 0 saturated carbocycles. The van der Waals surface area contributed by atoms with Gasteiger partial charge in [-0.3, -0.25) is 19.7 Å². The van der Waals surface area contributed by atoms with Gasteiger partial charge in [-0.05, 0) is 63.4 Å². The lowest BCUT2D eigenvalue weighted by Crippen LogP contribution is -2.56. The molecule has 0 amide bonds. The van der Waals surface area contributed by atoms with Gasteiger partial charge in [0.1, 0.15) is 23.6 Å². The highest BCUT2D eigenvalue weighted by molar-refractivity contribution is 7.44. The van der Waals surface area contributed by atoms with Crippen LogP contribution in [-0.2, 0) is 24.1 Å². The topological polar surface area (TPSA) is 140 Å². The number of ether oxygens (including phenoxy) is 3. The van der Waals surface area contributed by atoms with Crippen molar-refractivity contribution < 1.29 is 23.3 Å². The second-order valence-corrected chi connectivity index (χ2v) is 15.4. The molecular weight excluding hydrogens is 693 g/mol. The zero-order valence-electron chi connectivity index (χ0n) is 31.0. The summed E-state index contributed by atoms with van der Waals surface area (Å²) in [4.78, 5) is 28.1. The maximum atomic E-state index is 13.3. The average molecular weight is 742 g/mol. The molecule has 3 heterocycles. The molecule has 6 rings (SSSR count). The quantitative estimate of drug-likeness (QED) is 0.0828. The first-order chi connectivity index (χ1) is 25.5. The highest BCUT2D eigenvalue weighted by atomic mass is 31.2. The van der Waals surface area contributed by atoms with Crippen LogP contribution in [0.25, 0.3) is 0 Å². The van der Waals surface area contributed by atoms with Crippen LogP contribution < -0.4 is 21.3 Å². The Morgan fingerprint density at radius 3 is 2.17 bits per heavy atom. The fraction of sp³-hybridized carbons (Fsp3) is 0.425. The Morgan fingerprint density at radius 2 is 1.60 bits per heavy atom. The molecule has 2 fully saturated rings. The lowest BCUT2D eigenvalue weighted by molar-refractivity contribution is -0.173. The maximum Gasteiger partial charge on any atom is 0.330 e. The minimum atomic E-state index is -1.72. The molecule has 4 aromatic rings. The Morgan fingerprint density at radius 1 is 1.00 bits per heavy atom. The molecule has 2 bridgehead atoms. The third kappa shape index (κ3) is 7.62. The minimum absolute atomic E-state index is 0.0531. The number of nitrogens with zero attached hydrogens (tertiary/aromatic N) is 3. The van der Waals surface area contributed by atoms with Crippen molar-refractivity contribution in [3.8, 4) is 11.8 Å². The Labute approximate surface area is 311 Å². The molecule has 13 heteroatoms. The summed E-state index contributed by atoms with van der Waals surface area (Å²) in [6.45, 7) is 10.5. The fourth-order valence-electron chi connectivity index (χ4n) is 7.38. The summed E-state index contributed by atoms with van der Waals surface area (Å²) in [5.74, 6) is 0.732. The first-order valence-electron chi connectivity index (χ1n) is 17.9. The molecule has 280 valence electrons. The standard InChI is InChI=1S/C40H48N5O7P/c1-27(2)45(28(3)4)53(50-23-13-22-41)52-35-34-37(44-24-29(5)36(46)43-38(44)47)51-39(35,26-49-34)25-42-40(30-14-9-7-10-15-30,31-16-11-8-12-17-31)32-18-20-33(48-6)21-19-32/h7-12,14-21,24,27-28,34-35,37,42H,13,23,25-26H2,1-6H3,(H,43,46,47)/t34-,35+,37-,39+,53?/m1/s1. The van der Waals surface area contributed by atoms with E-state index in [2.05, 4.69) is 85.1 Å². The zero-order valence-corrected chi connectivity index (χ0v) is 31.9. The van der Waals surface area contributed by atoms with Gasteiger partial charge in [-0.15, -0.1) is 0 Å². The summed E-state index contributed by atoms with van der Waals surface area (Å²) in [7, 11) is -0.0732. The van der Waals surface area contributed by atoms with Gasteiger partial charge in [0.15, 0.2) is 6.23 Å². The molecule has 3 aromatic carbocycles. The molecule has 2 N–H and O–H groups in total. The number of aromatic amines is 1. The van der Waals surface area contributed by atoms with Crippen LogP contribution in [0.5, 0.6) is 5.75 Å². The van der Waals surface area contributed by atoms with Gasteiger partial charge in [0.25, 0.3) is 14.1 Å². The molecule has 12 nitrogen and oxygen atoms in total. The van der Waals surface area contributed by atoms with E-state index in [0.29, 0.717) is 5.56 Å². The molecule has 2 aliphatic rings. The monoisotopic (exact) mass is 741 g/mol. The van der Waals surface area contributed by atoms with Crippen molar-refractivity contribution in [2.75, 3.05) is 26.9 Å². The van der Waals surface area contributed by atoms with Crippen molar-refractivity contribution in [3.63, 3.8) is 0 Å². The van der Waals surface area contributed by atoms with Crippen LogP contribution in [0.2, 0.25) is 0 Å². The first kappa shape index (κ1) is 38.5. The van der Waals surface area contributed by atoms with Crippen LogP contribution in [0.4, 0.5) is 0 Å². The number of H-pyrrole nitrogens is 1. The van der Waals surface area contributed by atoms with Crippen molar-refractivity contribution in [1.29, 1.82) is 5.26 Å². The lowest BCUT2D eigenvalue weighted by atomic mass is 9.76. The van der Waals surface area contributed by atoms with E-state index in [4.69, 9.17) is 23.3 Å². The Bertz CT molecular complexity index is 1940. The van der Waals surface area contributed by atoms with Crippen molar-refractivity contribution in [3.05, 3.63) is 134 Å². The number of aromatic nitrogens is 2. The van der Waals surface area contributed by atoms with Gasteiger partial charge in [-0.1, -0.05) is 72.8 Å². The number of hydrogen-bond acceptors (Lipinski definition) is 10. The maximum absolute atomic E-state index is 13.3. The minimum Gasteiger partial charge on any atom is -0.497 e. The highest BCUT2D eigenvalue weighted by Crippen LogP contribution is 2.55. The zero-order chi connectivity index (χ0) is 37.8. The van der Waals surface area contributed by atoms with E-state index < -0.39 is 49.4 Å². The summed E-state index contributed by atoms with van der Waals surface area (Å²) >= 11 is 0. The molecule has 0 spiro atoms. The van der Waals surface area contributed by atoms with Crippen LogP contribution in [0.1, 0.15) is 62.6 Å². The second kappa shape index (κ2) is 16.5. The van der Waals surface area contributed by atoms with Crippen LogP contribution in [0, 0.1) is 18.3 Å². The van der Waals surface area contributed by atoms with Gasteiger partial charge in [-0.25, -0.2) is 9.46 Å². The summed E-state index contributed by atoms with van der Waals surface area (Å²) in [6, 6.07) is 30.7. The third-order valence-corrected chi connectivity index (χ3v) is 12.0. The number of rotatable bonds is 16. The van der Waals surface area contributed by atoms with Crippen LogP contribution >= 0.6 is 8.53 Å². The number of benzene rings is 3. The number of nitrogens with one attached hydrogen (secondary N) is 2. The van der Waals surface area contributed by atoms with Crippen molar-refractivity contribution in [1.82, 2.24) is 19.5 Å². The van der Waals surface area contributed by atoms with E-state index in [1.54, 1.807) is 14.0 Å². The molecule has 1 aromatic heterocycles. The van der Waals surface area contributed by atoms with Crippen LogP contribution in [0.3, 0.4) is 0 Å². The predicted octanol–water partition coefficient (Wildman–Crippen LogP) is 5.76. The number of hydrogen-bond donors (Lipinski definition) is 2. The Kier molecular flexibility index (Phi) is 12.0. The van der Waals surface area contributed by atoms with Crippen molar-refractivity contribution in [2.24, 2.45) is 0 Å². The normalized spacial score (nSPS) is 21.7. The van der Waals surface area contributed by atoms with E-state index in [1.165, 1.54) is 10.8 Å². The lowest BCUT2D eigenvalue weighted by Gasteiger charge is -2.42. The van der Waals surface area contributed by atoms with E-state index in [1.807, 2.05) is 48.5 Å². The molecular formula is C40H48N5O7P. The second-order valence-electron chi connectivity index (χ2n) is 14.0. The van der Waals surface area contributed by atoms with E-state index in [0.717, 1.165) is 22.4 Å². The fourth-order valence-corrected chi connectivity index (χ4v) is 9.19. The number of fused-ring (bicyclic) bond motifs is 2. The van der Waals surface area contributed by atoms with Crippen molar-refractivity contribution in [2.45, 2.75) is 82.7 Å². The van der Waals surface area contributed by atoms with Crippen molar-refractivity contribution >= 4 is 8.53 Å². The molecule has 0 aliphatic carbocycles. The molecule has 0 radical (unpaired) electrons. The third-order valence-electron chi connectivity index (χ3n) is 9.85. The molecule has 1 unspecified atom stereocenters. The van der Waals surface area contributed by atoms with Gasteiger partial charge >= 0.3 is 5.69 Å². The summed E-state index contributed by atoms with van der Waals surface area (Å²) in [5, 5.41) is 13.3. The van der Waals surface area contributed by atoms with E-state index in [-0.39, 0.29) is 38.3 Å². The predicted molar refractivity (Wildman–Crippen MR) is 203 cm³/mol. The summed E-state index contributed by atoms with van der Waals surface area (Å²) in [6.07, 6.45) is -0.649. The Hall–Kier alpha value is -4.18. The highest BCUT2D eigenvalue weighted by Gasteiger charge is 2.64. The van der Waals surface area contributed by atoms with Crippen LogP contribution in [0.15, 0.2) is 101 Å². The smallest absolute Gasteiger partial charge is 0.330 e. The number of nitriles is 1. The first-order valence-corrected chi connectivity index (χ1v) is 19.0. The van der Waals surface area contributed by atoms with Gasteiger partial charge in [0.05, 0.1) is 38.4 Å². The van der Waals surface area contributed by atoms with Crippen LogP contribution in [-0.4, -0.2) is 71.0 Å². The summed E-state index contributed by atoms with van der Waals surface area (Å²) in [5.41, 5.74) is 0.242. The average Bonchev–Trinajstić information content (AvgIpc) is 3.65. The van der Waals surface area contributed by atoms with Gasteiger partial charge in [0.2, 0.25) is 0 Å². The van der Waals surface area contributed by atoms with E-state index in [9.17, 15) is 14.9 Å². The molecule has 53 heavy (non-hydrogen) atoms. The summed E-state index contributed by atoms with van der Waals surface area (Å²) < 4.78 is 36.0.